The molecule has 0 bridgehead atoms. The molecule has 2 aromatic heterocycles. The number of thiophene rings is 1. The first kappa shape index (κ1) is 25.5. The number of nitrogens with one attached hydrogen (secondary N) is 1. The molecule has 0 unspecified atom stereocenters. The molecule has 1 aliphatic rings. The summed E-state index contributed by atoms with van der Waals surface area (Å²) >= 11 is 1.65. The van der Waals surface area contributed by atoms with Crippen molar-refractivity contribution in [3.63, 3.8) is 0 Å². The Bertz CT molecular complexity index is 1390. The molecular formula is C29H28FN3O4S. The van der Waals surface area contributed by atoms with Gasteiger partial charge in [0.15, 0.2) is 0 Å². The molecule has 0 saturated carbocycles. The van der Waals surface area contributed by atoms with Gasteiger partial charge in [-0.1, -0.05) is 23.8 Å². The van der Waals surface area contributed by atoms with Crippen LogP contribution in [0.3, 0.4) is 0 Å². The lowest BCUT2D eigenvalue weighted by atomic mass is 10.0. The van der Waals surface area contributed by atoms with Gasteiger partial charge in [0.25, 0.3) is 0 Å². The van der Waals surface area contributed by atoms with E-state index in [1.807, 2.05) is 42.6 Å². The van der Waals surface area contributed by atoms with Crippen LogP contribution in [-0.4, -0.2) is 41.4 Å². The number of hydrogen-bond donors (Lipinski definition) is 1. The van der Waals surface area contributed by atoms with Crippen LogP contribution in [0.1, 0.15) is 27.8 Å². The van der Waals surface area contributed by atoms with Crippen molar-refractivity contribution in [1.82, 2.24) is 9.80 Å². The van der Waals surface area contributed by atoms with Crippen molar-refractivity contribution in [3.8, 4) is 5.75 Å². The molecule has 5 rings (SSSR count). The van der Waals surface area contributed by atoms with Crippen LogP contribution in [-0.2, 0) is 17.8 Å². The predicted octanol–water partition coefficient (Wildman–Crippen LogP) is 6.03. The SMILES string of the molecule is Cc1ccc(NC(=O)N(CC(=O)N2CCc3sccc3[C@@H]2COc2cccc(F)c2)Cc2ccco2)cc1. The molecule has 2 aromatic carbocycles. The lowest BCUT2D eigenvalue weighted by Gasteiger charge is -2.37. The first-order valence-corrected chi connectivity index (χ1v) is 13.2. The fraction of sp³-hybridized carbons (Fsp3) is 0.241. The van der Waals surface area contributed by atoms with Crippen molar-refractivity contribution in [3.05, 3.63) is 106 Å². The topological polar surface area (TPSA) is 75.0 Å². The molecule has 0 radical (unpaired) electrons. The summed E-state index contributed by atoms with van der Waals surface area (Å²) in [6.07, 6.45) is 2.26. The first-order chi connectivity index (χ1) is 18.5. The zero-order chi connectivity index (χ0) is 26.5. The van der Waals surface area contributed by atoms with E-state index in [9.17, 15) is 14.0 Å². The number of nitrogens with zero attached hydrogens (tertiary/aromatic N) is 2. The number of halogens is 1. The van der Waals surface area contributed by atoms with E-state index >= 15 is 0 Å². The van der Waals surface area contributed by atoms with Crippen molar-refractivity contribution in [2.24, 2.45) is 0 Å². The Labute approximate surface area is 224 Å². The molecule has 1 N–H and O–H groups in total. The lowest BCUT2D eigenvalue weighted by molar-refractivity contribution is -0.135. The van der Waals surface area contributed by atoms with Crippen molar-refractivity contribution in [2.75, 3.05) is 25.0 Å². The van der Waals surface area contributed by atoms with Crippen LogP contribution >= 0.6 is 11.3 Å². The smallest absolute Gasteiger partial charge is 0.322 e. The average Bonchev–Trinajstić information content (AvgIpc) is 3.60. The third kappa shape index (κ3) is 6.06. The Balaban J connectivity index is 1.34. The summed E-state index contributed by atoms with van der Waals surface area (Å²) in [7, 11) is 0. The number of aryl methyl sites for hydroxylation is 1. The number of carbonyl (C=O) groups is 2. The number of urea groups is 1. The number of amides is 3. The summed E-state index contributed by atoms with van der Waals surface area (Å²) in [5.74, 6) is 0.377. The Morgan fingerprint density at radius 2 is 2.00 bits per heavy atom. The van der Waals surface area contributed by atoms with Crippen molar-refractivity contribution in [2.45, 2.75) is 25.9 Å². The highest BCUT2D eigenvalue weighted by molar-refractivity contribution is 7.10. The van der Waals surface area contributed by atoms with Gasteiger partial charge in [0.05, 0.1) is 18.8 Å². The number of hydrogen-bond acceptors (Lipinski definition) is 5. The number of furan rings is 1. The highest BCUT2D eigenvalue weighted by atomic mass is 32.1. The van der Waals surface area contributed by atoms with Crippen LogP contribution in [0.4, 0.5) is 14.9 Å². The average molecular weight is 534 g/mol. The van der Waals surface area contributed by atoms with Gasteiger partial charge in [0.1, 0.15) is 30.5 Å². The molecule has 0 saturated heterocycles. The van der Waals surface area contributed by atoms with Gasteiger partial charge in [-0.2, -0.15) is 0 Å². The van der Waals surface area contributed by atoms with Crippen LogP contribution in [0.15, 0.2) is 82.8 Å². The van der Waals surface area contributed by atoms with Gasteiger partial charge < -0.3 is 24.3 Å². The van der Waals surface area contributed by atoms with Crippen molar-refractivity contribution in [1.29, 1.82) is 0 Å². The van der Waals surface area contributed by atoms with Crippen molar-refractivity contribution < 1.29 is 23.1 Å². The fourth-order valence-corrected chi connectivity index (χ4v) is 5.42. The summed E-state index contributed by atoms with van der Waals surface area (Å²) < 4.78 is 25.1. The molecule has 1 aliphatic heterocycles. The predicted molar refractivity (Wildman–Crippen MR) is 144 cm³/mol. The minimum Gasteiger partial charge on any atom is -0.491 e. The van der Waals surface area contributed by atoms with Crippen molar-refractivity contribution >= 4 is 29.0 Å². The molecule has 1 atom stereocenters. The maximum Gasteiger partial charge on any atom is 0.322 e. The van der Waals surface area contributed by atoms with Crippen LogP contribution in [0.25, 0.3) is 0 Å². The molecule has 9 heteroatoms. The van der Waals surface area contributed by atoms with E-state index < -0.39 is 6.03 Å². The number of anilines is 1. The van der Waals surface area contributed by atoms with Gasteiger partial charge in [-0.15, -0.1) is 11.3 Å². The lowest BCUT2D eigenvalue weighted by Crippen LogP contribution is -2.48. The third-order valence-electron chi connectivity index (χ3n) is 6.46. The van der Waals surface area contributed by atoms with Gasteiger partial charge in [0, 0.05) is 23.2 Å². The highest BCUT2D eigenvalue weighted by Crippen LogP contribution is 2.34. The molecule has 0 fully saturated rings. The summed E-state index contributed by atoms with van der Waals surface area (Å²) in [4.78, 5) is 31.4. The van der Waals surface area contributed by atoms with Crippen LogP contribution in [0.5, 0.6) is 5.75 Å². The fourth-order valence-electron chi connectivity index (χ4n) is 4.49. The molecule has 0 spiro atoms. The zero-order valence-corrected chi connectivity index (χ0v) is 21.7. The van der Waals surface area contributed by atoms with Gasteiger partial charge in [0.2, 0.25) is 5.91 Å². The molecule has 196 valence electrons. The highest BCUT2D eigenvalue weighted by Gasteiger charge is 2.33. The molecule has 3 amide bonds. The molecule has 4 aromatic rings. The molecule has 38 heavy (non-hydrogen) atoms. The first-order valence-electron chi connectivity index (χ1n) is 12.4. The molecule has 3 heterocycles. The van der Waals surface area contributed by atoms with Gasteiger partial charge >= 0.3 is 6.03 Å². The quantitative estimate of drug-likeness (QED) is 0.300. The summed E-state index contributed by atoms with van der Waals surface area (Å²) in [6, 6.07) is 18.2. The van der Waals surface area contributed by atoms with E-state index in [0.29, 0.717) is 23.7 Å². The normalized spacial score (nSPS) is 14.6. The largest absolute Gasteiger partial charge is 0.491 e. The molecule has 0 aliphatic carbocycles. The third-order valence-corrected chi connectivity index (χ3v) is 7.46. The van der Waals surface area contributed by atoms with E-state index in [4.69, 9.17) is 9.15 Å². The number of carbonyl (C=O) groups excluding carboxylic acids is 2. The minimum absolute atomic E-state index is 0.137. The minimum atomic E-state index is -0.403. The number of benzene rings is 2. The second-order valence-electron chi connectivity index (χ2n) is 9.15. The van der Waals surface area contributed by atoms with E-state index in [1.54, 1.807) is 40.5 Å². The van der Waals surface area contributed by atoms with Gasteiger partial charge in [-0.3, -0.25) is 4.79 Å². The van der Waals surface area contributed by atoms with E-state index in [2.05, 4.69) is 5.32 Å². The maximum absolute atomic E-state index is 13.7. The van der Waals surface area contributed by atoms with Gasteiger partial charge in [-0.05, 0) is 66.8 Å². The monoisotopic (exact) mass is 533 g/mol. The molecule has 7 nitrogen and oxygen atoms in total. The Morgan fingerprint density at radius 1 is 1.16 bits per heavy atom. The maximum atomic E-state index is 13.7. The van der Waals surface area contributed by atoms with Crippen LogP contribution in [0.2, 0.25) is 0 Å². The van der Waals surface area contributed by atoms with Crippen LogP contribution in [0, 0.1) is 12.7 Å². The number of fused-ring (bicyclic) bond motifs is 1. The van der Waals surface area contributed by atoms with E-state index in [1.165, 1.54) is 28.2 Å². The number of ether oxygens (including phenoxy) is 1. The van der Waals surface area contributed by atoms with E-state index in [-0.39, 0.29) is 37.5 Å². The number of rotatable bonds is 8. The Hall–Kier alpha value is -4.11. The summed E-state index contributed by atoms with van der Waals surface area (Å²) in [6.45, 7) is 2.64. The second kappa shape index (κ2) is 11.5. The van der Waals surface area contributed by atoms with Gasteiger partial charge in [-0.25, -0.2) is 9.18 Å². The summed E-state index contributed by atoms with van der Waals surface area (Å²) in [5.41, 5.74) is 2.74. The Kier molecular flexibility index (Phi) is 7.74. The standard InChI is InChI=1S/C29H28FN3O4S/c1-20-7-9-22(10-8-20)31-29(35)32(17-24-6-3-14-36-24)18-28(34)33-13-11-27-25(12-15-38-27)26(33)19-37-23-5-2-4-21(30)16-23/h2-10,12,14-16,26H,11,13,17-19H2,1H3,(H,31,35)/t26-/m0/s1. The molecular weight excluding hydrogens is 505 g/mol. The van der Waals surface area contributed by atoms with Crippen LogP contribution < -0.4 is 10.1 Å². The van der Waals surface area contributed by atoms with E-state index in [0.717, 1.165) is 17.5 Å². The Morgan fingerprint density at radius 3 is 2.76 bits per heavy atom. The second-order valence-corrected chi connectivity index (χ2v) is 10.2. The zero-order valence-electron chi connectivity index (χ0n) is 20.9. The summed E-state index contributed by atoms with van der Waals surface area (Å²) in [5, 5.41) is 4.89.